The van der Waals surface area contributed by atoms with Gasteiger partial charge in [0.15, 0.2) is 0 Å². The molecule has 0 aromatic rings. The van der Waals surface area contributed by atoms with Gasteiger partial charge >= 0.3 is 0 Å². The molecule has 1 rings (SSSR count). The Morgan fingerprint density at radius 3 is 2.31 bits per heavy atom. The normalized spacial score (nSPS) is 20.2. The number of rotatable bonds is 4. The van der Waals surface area contributed by atoms with Crippen molar-refractivity contribution in [2.45, 2.75) is 64.5 Å². The number of amides is 2. The molecule has 1 aliphatic rings. The number of carbonyl (C=O) groups excluding carboxylic acids is 2. The fourth-order valence-electron chi connectivity index (χ4n) is 2.11. The molecular weight excluding hydrogens is 204 g/mol. The predicted molar refractivity (Wildman–Crippen MR) is 62.9 cm³/mol. The lowest BCUT2D eigenvalue weighted by Gasteiger charge is -2.29. The molecule has 1 saturated carbocycles. The van der Waals surface area contributed by atoms with Crippen LogP contribution in [0.1, 0.15) is 52.9 Å². The van der Waals surface area contributed by atoms with Crippen LogP contribution >= 0.6 is 0 Å². The zero-order valence-corrected chi connectivity index (χ0v) is 10.4. The fraction of sp³-hybridized carbons (Fsp3) is 0.833. The third kappa shape index (κ3) is 3.22. The third-order valence-electron chi connectivity index (χ3n) is 3.35. The van der Waals surface area contributed by atoms with Crippen LogP contribution in [0.15, 0.2) is 0 Å². The molecule has 0 aromatic heterocycles. The van der Waals surface area contributed by atoms with Gasteiger partial charge in [-0.25, -0.2) is 0 Å². The van der Waals surface area contributed by atoms with Gasteiger partial charge in [-0.15, -0.1) is 0 Å². The molecule has 4 nitrogen and oxygen atoms in total. The van der Waals surface area contributed by atoms with Crippen LogP contribution in [0.4, 0.5) is 0 Å². The monoisotopic (exact) mass is 226 g/mol. The van der Waals surface area contributed by atoms with Gasteiger partial charge < -0.3 is 10.6 Å². The molecule has 16 heavy (non-hydrogen) atoms. The van der Waals surface area contributed by atoms with Gasteiger partial charge in [0.1, 0.15) is 5.54 Å². The first kappa shape index (κ1) is 13.0. The lowest BCUT2D eigenvalue weighted by Crippen LogP contribution is -2.57. The summed E-state index contributed by atoms with van der Waals surface area (Å²) in [5, 5.41) is 5.75. The molecule has 1 atom stereocenters. The van der Waals surface area contributed by atoms with E-state index in [4.69, 9.17) is 0 Å². The van der Waals surface area contributed by atoms with Crippen molar-refractivity contribution >= 4 is 11.8 Å². The first-order chi connectivity index (χ1) is 7.48. The Morgan fingerprint density at radius 1 is 1.31 bits per heavy atom. The molecule has 0 saturated heterocycles. The van der Waals surface area contributed by atoms with E-state index < -0.39 is 5.54 Å². The van der Waals surface area contributed by atoms with Crippen LogP contribution in [-0.2, 0) is 9.59 Å². The maximum atomic E-state index is 12.1. The van der Waals surface area contributed by atoms with Crippen molar-refractivity contribution in [3.63, 3.8) is 0 Å². The SMILES string of the molecule is CC[C@](C)(NC(C)=O)C(=O)NC1CCCC1. The largest absolute Gasteiger partial charge is 0.351 e. The zero-order chi connectivity index (χ0) is 12.2. The number of nitrogens with one attached hydrogen (secondary N) is 2. The van der Waals surface area contributed by atoms with E-state index in [2.05, 4.69) is 10.6 Å². The molecule has 0 radical (unpaired) electrons. The third-order valence-corrected chi connectivity index (χ3v) is 3.35. The van der Waals surface area contributed by atoms with Gasteiger partial charge in [-0.3, -0.25) is 9.59 Å². The summed E-state index contributed by atoms with van der Waals surface area (Å²) in [6, 6.07) is 0.298. The number of carbonyl (C=O) groups is 2. The second-order valence-electron chi connectivity index (χ2n) is 4.82. The highest BCUT2D eigenvalue weighted by molar-refractivity contribution is 5.90. The molecular formula is C12H22N2O2. The minimum atomic E-state index is -0.769. The van der Waals surface area contributed by atoms with Crippen molar-refractivity contribution < 1.29 is 9.59 Å². The van der Waals surface area contributed by atoms with Crippen LogP contribution in [-0.4, -0.2) is 23.4 Å². The Labute approximate surface area is 97.2 Å². The van der Waals surface area contributed by atoms with Gasteiger partial charge in [0.2, 0.25) is 11.8 Å². The van der Waals surface area contributed by atoms with Crippen molar-refractivity contribution in [1.29, 1.82) is 0 Å². The van der Waals surface area contributed by atoms with Gasteiger partial charge in [0, 0.05) is 13.0 Å². The molecule has 2 amide bonds. The molecule has 1 fully saturated rings. The van der Waals surface area contributed by atoms with E-state index in [1.165, 1.54) is 19.8 Å². The molecule has 92 valence electrons. The van der Waals surface area contributed by atoms with Crippen molar-refractivity contribution in [3.8, 4) is 0 Å². The molecule has 4 heteroatoms. The Balaban J connectivity index is 2.56. The first-order valence-corrected chi connectivity index (χ1v) is 6.07. The van der Waals surface area contributed by atoms with Gasteiger partial charge in [-0.2, -0.15) is 0 Å². The van der Waals surface area contributed by atoms with E-state index in [1.54, 1.807) is 6.92 Å². The molecule has 1 aliphatic carbocycles. The Bertz CT molecular complexity index is 272. The maximum absolute atomic E-state index is 12.1. The van der Waals surface area contributed by atoms with E-state index in [9.17, 15) is 9.59 Å². The molecule has 0 unspecified atom stereocenters. The Morgan fingerprint density at radius 2 is 1.88 bits per heavy atom. The highest BCUT2D eigenvalue weighted by Gasteiger charge is 2.33. The van der Waals surface area contributed by atoms with E-state index in [0.717, 1.165) is 12.8 Å². The van der Waals surface area contributed by atoms with Crippen molar-refractivity contribution in [2.75, 3.05) is 0 Å². The summed E-state index contributed by atoms with van der Waals surface area (Å²) in [4.78, 5) is 23.1. The molecule has 0 spiro atoms. The average Bonchev–Trinajstić information content (AvgIpc) is 2.69. The topological polar surface area (TPSA) is 58.2 Å². The zero-order valence-electron chi connectivity index (χ0n) is 10.4. The van der Waals surface area contributed by atoms with E-state index >= 15 is 0 Å². The lowest BCUT2D eigenvalue weighted by atomic mass is 9.97. The Hall–Kier alpha value is -1.06. The maximum Gasteiger partial charge on any atom is 0.245 e. The molecule has 0 heterocycles. The van der Waals surface area contributed by atoms with Gasteiger partial charge in [-0.1, -0.05) is 19.8 Å². The molecule has 2 N–H and O–H groups in total. The van der Waals surface area contributed by atoms with E-state index in [-0.39, 0.29) is 11.8 Å². The Kier molecular flexibility index (Phi) is 4.33. The summed E-state index contributed by atoms with van der Waals surface area (Å²) in [5.74, 6) is -0.219. The van der Waals surface area contributed by atoms with Crippen molar-refractivity contribution in [3.05, 3.63) is 0 Å². The summed E-state index contributed by atoms with van der Waals surface area (Å²) < 4.78 is 0. The van der Waals surface area contributed by atoms with Crippen LogP contribution in [0.5, 0.6) is 0 Å². The van der Waals surface area contributed by atoms with Crippen LogP contribution in [0.25, 0.3) is 0 Å². The van der Waals surface area contributed by atoms with Crippen molar-refractivity contribution in [2.24, 2.45) is 0 Å². The van der Waals surface area contributed by atoms with Crippen LogP contribution in [0.3, 0.4) is 0 Å². The minimum Gasteiger partial charge on any atom is -0.351 e. The van der Waals surface area contributed by atoms with Crippen LogP contribution in [0, 0.1) is 0 Å². The first-order valence-electron chi connectivity index (χ1n) is 6.07. The quantitative estimate of drug-likeness (QED) is 0.760. The van der Waals surface area contributed by atoms with Crippen molar-refractivity contribution in [1.82, 2.24) is 10.6 Å². The number of hydrogen-bond donors (Lipinski definition) is 2. The summed E-state index contributed by atoms with van der Waals surface area (Å²) >= 11 is 0. The standard InChI is InChI=1S/C12H22N2O2/c1-4-12(3,14-9(2)15)11(16)13-10-7-5-6-8-10/h10H,4-8H2,1-3H3,(H,13,16)(H,14,15)/t12-/m0/s1. The van der Waals surface area contributed by atoms with Gasteiger partial charge in [0.05, 0.1) is 0 Å². The lowest BCUT2D eigenvalue weighted by molar-refractivity contribution is -0.132. The smallest absolute Gasteiger partial charge is 0.245 e. The van der Waals surface area contributed by atoms with Crippen LogP contribution in [0.2, 0.25) is 0 Å². The van der Waals surface area contributed by atoms with Crippen LogP contribution < -0.4 is 10.6 Å². The number of hydrogen-bond acceptors (Lipinski definition) is 2. The second-order valence-corrected chi connectivity index (χ2v) is 4.82. The highest BCUT2D eigenvalue weighted by Crippen LogP contribution is 2.19. The highest BCUT2D eigenvalue weighted by atomic mass is 16.2. The van der Waals surface area contributed by atoms with E-state index in [0.29, 0.717) is 12.5 Å². The average molecular weight is 226 g/mol. The molecule has 0 bridgehead atoms. The van der Waals surface area contributed by atoms with Gasteiger partial charge in [-0.05, 0) is 26.2 Å². The second kappa shape index (κ2) is 5.32. The summed E-state index contributed by atoms with van der Waals surface area (Å²) in [6.45, 7) is 5.12. The van der Waals surface area contributed by atoms with Gasteiger partial charge in [0.25, 0.3) is 0 Å². The molecule has 0 aromatic carbocycles. The summed E-state index contributed by atoms with van der Waals surface area (Å²) in [6.07, 6.45) is 5.10. The van der Waals surface area contributed by atoms with E-state index in [1.807, 2.05) is 6.92 Å². The summed E-state index contributed by atoms with van der Waals surface area (Å²) in [7, 11) is 0. The predicted octanol–water partition coefficient (Wildman–Crippen LogP) is 1.35. The summed E-state index contributed by atoms with van der Waals surface area (Å²) in [5.41, 5.74) is -0.769. The minimum absolute atomic E-state index is 0.0582. The fourth-order valence-corrected chi connectivity index (χ4v) is 2.11. The molecule has 0 aliphatic heterocycles.